The number of aromatic nitrogens is 2. The van der Waals surface area contributed by atoms with Crippen molar-refractivity contribution in [1.29, 1.82) is 0 Å². The summed E-state index contributed by atoms with van der Waals surface area (Å²) in [6.07, 6.45) is 12.4. The Morgan fingerprint density at radius 1 is 1.20 bits per heavy atom. The third kappa shape index (κ3) is 4.97. The van der Waals surface area contributed by atoms with Crippen molar-refractivity contribution < 1.29 is 14.4 Å². The fraction of sp³-hybridized carbons (Fsp3) is 0.400. The van der Waals surface area contributed by atoms with Crippen molar-refractivity contribution in [2.45, 2.75) is 32.1 Å². The molecule has 0 unspecified atom stereocenters. The Bertz CT molecular complexity index is 1200. The average Bonchev–Trinajstić information content (AvgIpc) is 3.37. The van der Waals surface area contributed by atoms with E-state index in [4.69, 9.17) is 5.73 Å². The van der Waals surface area contributed by atoms with Crippen LogP contribution in [0.1, 0.15) is 35.4 Å². The van der Waals surface area contributed by atoms with Crippen molar-refractivity contribution >= 4 is 41.1 Å². The number of likely N-dealkylation sites (tertiary alicyclic amines) is 1. The Balaban J connectivity index is 1.22. The predicted molar refractivity (Wildman–Crippen MR) is 134 cm³/mol. The number of nitrogens with one attached hydrogen (secondary N) is 1. The second kappa shape index (κ2) is 9.61. The number of carbonyl (C=O) groups excluding carboxylic acids is 3. The molecule has 2 aromatic rings. The summed E-state index contributed by atoms with van der Waals surface area (Å²) >= 11 is 1.65. The zero-order valence-corrected chi connectivity index (χ0v) is 20.2. The van der Waals surface area contributed by atoms with E-state index in [1.54, 1.807) is 34.6 Å². The van der Waals surface area contributed by atoms with Crippen molar-refractivity contribution in [2.75, 3.05) is 31.5 Å². The first kappa shape index (κ1) is 23.2. The maximum atomic E-state index is 12.8. The Hall–Kier alpha value is -3.53. The van der Waals surface area contributed by atoms with Gasteiger partial charge in [-0.15, -0.1) is 11.3 Å². The van der Waals surface area contributed by atoms with Crippen LogP contribution in [0.3, 0.4) is 0 Å². The van der Waals surface area contributed by atoms with E-state index in [-0.39, 0.29) is 11.8 Å². The van der Waals surface area contributed by atoms with E-state index in [1.165, 1.54) is 5.57 Å². The number of pyridine rings is 1. The summed E-state index contributed by atoms with van der Waals surface area (Å²) in [6.45, 7) is 2.23. The highest BCUT2D eigenvalue weighted by atomic mass is 32.1. The number of rotatable bonds is 4. The molecule has 9 nitrogen and oxygen atoms in total. The molecule has 3 aliphatic heterocycles. The molecule has 4 amide bonds. The van der Waals surface area contributed by atoms with Crippen LogP contribution in [0, 0.1) is 5.41 Å². The number of thiazole rings is 1. The van der Waals surface area contributed by atoms with E-state index >= 15 is 0 Å². The Morgan fingerprint density at radius 3 is 2.71 bits per heavy atom. The average molecular weight is 493 g/mol. The smallest absolute Gasteiger partial charge is 0.314 e. The molecule has 0 aromatic carbocycles. The number of amides is 4. The van der Waals surface area contributed by atoms with Gasteiger partial charge in [-0.25, -0.2) is 14.8 Å². The zero-order chi connectivity index (χ0) is 24.4. The molecule has 5 heterocycles. The largest absolute Gasteiger partial charge is 0.351 e. The van der Waals surface area contributed by atoms with Gasteiger partial charge in [-0.1, -0.05) is 11.6 Å². The first-order valence-electron chi connectivity index (χ1n) is 11.8. The van der Waals surface area contributed by atoms with Crippen LogP contribution in [0.25, 0.3) is 6.08 Å². The van der Waals surface area contributed by atoms with Crippen LogP contribution in [0.4, 0.5) is 10.6 Å². The Labute approximate surface area is 207 Å². The van der Waals surface area contributed by atoms with Gasteiger partial charge in [0, 0.05) is 56.4 Å². The third-order valence-electron chi connectivity index (χ3n) is 7.16. The molecule has 1 saturated heterocycles. The highest BCUT2D eigenvalue weighted by Gasteiger charge is 2.45. The lowest BCUT2D eigenvalue weighted by Gasteiger charge is -2.42. The summed E-state index contributed by atoms with van der Waals surface area (Å²) in [5, 5.41) is 6.02. The van der Waals surface area contributed by atoms with Gasteiger partial charge in [0.1, 0.15) is 5.82 Å². The summed E-state index contributed by atoms with van der Waals surface area (Å²) in [5.41, 5.74) is 7.92. The van der Waals surface area contributed by atoms with E-state index in [1.807, 2.05) is 22.5 Å². The molecule has 10 heteroatoms. The topological polar surface area (TPSA) is 122 Å². The SMILES string of the molecule is NC(=O)N1CCC2(CC1)Cc1cc(C=CC(=O)N3CC=C(Cc4nccs4)CC3)cnc1NC2=O. The molecular weight excluding hydrogens is 464 g/mol. The predicted octanol–water partition coefficient (Wildman–Crippen LogP) is 2.61. The van der Waals surface area contributed by atoms with Gasteiger partial charge in [0.25, 0.3) is 0 Å². The molecule has 0 atom stereocenters. The maximum absolute atomic E-state index is 12.8. The highest BCUT2D eigenvalue weighted by molar-refractivity contribution is 7.09. The van der Waals surface area contributed by atoms with E-state index in [0.29, 0.717) is 51.3 Å². The van der Waals surface area contributed by atoms with Crippen LogP contribution in [-0.2, 0) is 22.4 Å². The summed E-state index contributed by atoms with van der Waals surface area (Å²) in [7, 11) is 0. The van der Waals surface area contributed by atoms with Crippen LogP contribution in [0.5, 0.6) is 0 Å². The van der Waals surface area contributed by atoms with Crippen molar-refractivity contribution in [1.82, 2.24) is 19.8 Å². The van der Waals surface area contributed by atoms with Gasteiger partial charge < -0.3 is 20.9 Å². The van der Waals surface area contributed by atoms with Crippen LogP contribution >= 0.6 is 11.3 Å². The molecule has 5 rings (SSSR count). The molecule has 2 aromatic heterocycles. The number of nitrogens with zero attached hydrogens (tertiary/aromatic N) is 4. The minimum absolute atomic E-state index is 0.0316. The van der Waals surface area contributed by atoms with E-state index in [0.717, 1.165) is 29.0 Å². The van der Waals surface area contributed by atoms with Crippen LogP contribution in [0.15, 0.2) is 41.6 Å². The lowest BCUT2D eigenvalue weighted by atomic mass is 9.71. The normalized spacial score (nSPS) is 19.4. The van der Waals surface area contributed by atoms with Gasteiger partial charge in [0.05, 0.1) is 10.4 Å². The minimum atomic E-state index is -0.560. The van der Waals surface area contributed by atoms with E-state index in [2.05, 4.69) is 21.4 Å². The van der Waals surface area contributed by atoms with Crippen molar-refractivity contribution in [3.8, 4) is 0 Å². The fourth-order valence-electron chi connectivity index (χ4n) is 4.99. The van der Waals surface area contributed by atoms with Crippen LogP contribution in [-0.4, -0.2) is 63.8 Å². The quantitative estimate of drug-likeness (QED) is 0.502. The lowest BCUT2D eigenvalue weighted by molar-refractivity contribution is -0.128. The first-order valence-corrected chi connectivity index (χ1v) is 12.7. The molecule has 0 saturated carbocycles. The lowest BCUT2D eigenvalue weighted by Crippen LogP contribution is -2.52. The maximum Gasteiger partial charge on any atom is 0.314 e. The van der Waals surface area contributed by atoms with Crippen LogP contribution in [0.2, 0.25) is 0 Å². The number of anilines is 1. The highest BCUT2D eigenvalue weighted by Crippen LogP contribution is 2.41. The summed E-state index contributed by atoms with van der Waals surface area (Å²) in [5.74, 6) is 0.485. The van der Waals surface area contributed by atoms with E-state index in [9.17, 15) is 14.4 Å². The van der Waals surface area contributed by atoms with Gasteiger partial charge in [-0.2, -0.15) is 0 Å². The molecule has 1 spiro atoms. The van der Waals surface area contributed by atoms with Crippen molar-refractivity contribution in [2.24, 2.45) is 11.1 Å². The number of fused-ring (bicyclic) bond motifs is 1. The number of hydrogen-bond acceptors (Lipinski definition) is 6. The molecule has 0 bridgehead atoms. The van der Waals surface area contributed by atoms with Crippen LogP contribution < -0.4 is 11.1 Å². The van der Waals surface area contributed by atoms with E-state index < -0.39 is 11.4 Å². The molecule has 1 fully saturated rings. The molecule has 3 N–H and O–H groups in total. The Morgan fingerprint density at radius 2 is 2.03 bits per heavy atom. The summed E-state index contributed by atoms with van der Waals surface area (Å²) in [6, 6.07) is 1.53. The molecular formula is C25H28N6O3S. The first-order chi connectivity index (χ1) is 16.9. The molecule has 0 radical (unpaired) electrons. The van der Waals surface area contributed by atoms with Crippen molar-refractivity contribution in [3.63, 3.8) is 0 Å². The third-order valence-corrected chi connectivity index (χ3v) is 7.94. The second-order valence-corrected chi connectivity index (χ2v) is 10.3. The number of carbonyl (C=O) groups is 3. The van der Waals surface area contributed by atoms with Gasteiger partial charge in [0.2, 0.25) is 11.8 Å². The number of urea groups is 1. The van der Waals surface area contributed by atoms with Crippen molar-refractivity contribution in [3.05, 3.63) is 57.7 Å². The van der Waals surface area contributed by atoms with Gasteiger partial charge in [0.15, 0.2) is 0 Å². The fourth-order valence-corrected chi connectivity index (χ4v) is 5.66. The monoisotopic (exact) mass is 492 g/mol. The number of primary amides is 1. The second-order valence-electron chi connectivity index (χ2n) is 9.35. The molecule has 3 aliphatic rings. The Kier molecular flexibility index (Phi) is 6.38. The standard InChI is InChI=1S/C25H28N6O3S/c26-24(34)31-10-5-25(6-11-31)15-19-13-18(16-28-22(19)29-23(25)33)1-2-21(32)30-8-3-17(4-9-30)14-20-27-7-12-35-20/h1-3,7,12-13,16H,4-6,8-11,14-15H2,(H2,26,34)(H,28,29,33). The zero-order valence-electron chi connectivity index (χ0n) is 19.4. The number of nitrogens with two attached hydrogens (primary N) is 1. The number of hydrogen-bond donors (Lipinski definition) is 2. The minimum Gasteiger partial charge on any atom is -0.351 e. The summed E-state index contributed by atoms with van der Waals surface area (Å²) in [4.78, 5) is 49.2. The summed E-state index contributed by atoms with van der Waals surface area (Å²) < 4.78 is 0. The van der Waals surface area contributed by atoms with Gasteiger partial charge >= 0.3 is 6.03 Å². The van der Waals surface area contributed by atoms with Gasteiger partial charge in [-0.3, -0.25) is 9.59 Å². The molecule has 182 valence electrons. The molecule has 35 heavy (non-hydrogen) atoms. The number of piperidine rings is 1. The molecule has 0 aliphatic carbocycles. The van der Waals surface area contributed by atoms with Gasteiger partial charge in [-0.05, 0) is 49.0 Å².